The lowest BCUT2D eigenvalue weighted by atomic mass is 10.2. The number of carbonyl (C=O) groups is 1. The van der Waals surface area contributed by atoms with Gasteiger partial charge in [0.2, 0.25) is 0 Å². The summed E-state index contributed by atoms with van der Waals surface area (Å²) in [4.78, 5) is 20.3. The fraction of sp³-hybridized carbons (Fsp3) is 0.200. The molecule has 3 aromatic rings. The highest BCUT2D eigenvalue weighted by atomic mass is 19.1. The van der Waals surface area contributed by atoms with Gasteiger partial charge in [0.15, 0.2) is 0 Å². The second-order valence-corrected chi connectivity index (χ2v) is 4.89. The summed E-state index contributed by atoms with van der Waals surface area (Å²) in [6.07, 6.45) is 0. The largest absolute Gasteiger partial charge is 0.455 e. The summed E-state index contributed by atoms with van der Waals surface area (Å²) in [5.41, 5.74) is 2.31. The Morgan fingerprint density at radius 2 is 1.95 bits per heavy atom. The molecule has 0 aliphatic carbocycles. The van der Waals surface area contributed by atoms with Crippen molar-refractivity contribution in [3.63, 3.8) is 0 Å². The van der Waals surface area contributed by atoms with Gasteiger partial charge < -0.3 is 4.74 Å². The summed E-state index contributed by atoms with van der Waals surface area (Å²) in [5, 5.41) is 4.09. The van der Waals surface area contributed by atoms with E-state index in [0.717, 1.165) is 11.4 Å². The molecule has 112 valence electrons. The fourth-order valence-corrected chi connectivity index (χ4v) is 2.05. The molecule has 0 bridgehead atoms. The van der Waals surface area contributed by atoms with E-state index in [9.17, 15) is 9.18 Å². The molecule has 0 spiro atoms. The molecule has 3 rings (SSSR count). The summed E-state index contributed by atoms with van der Waals surface area (Å²) in [5.74, 6) is -0.685. The normalized spacial score (nSPS) is 10.9. The number of aryl methyl sites for hydroxylation is 2. The van der Waals surface area contributed by atoms with Crippen molar-refractivity contribution in [1.82, 2.24) is 19.6 Å². The van der Waals surface area contributed by atoms with Gasteiger partial charge in [0.1, 0.15) is 12.4 Å². The molecular weight excluding hydrogens is 287 g/mol. The molecule has 6 nitrogen and oxygen atoms in total. The van der Waals surface area contributed by atoms with Gasteiger partial charge in [0.25, 0.3) is 11.6 Å². The van der Waals surface area contributed by atoms with Gasteiger partial charge in [-0.3, -0.25) is 0 Å². The van der Waals surface area contributed by atoms with Crippen LogP contribution in [0.1, 0.15) is 27.6 Å². The number of carbonyl (C=O) groups excluding carboxylic acids is 1. The maximum Gasteiger partial charge on any atom is 0.378 e. The highest BCUT2D eigenvalue weighted by Crippen LogP contribution is 2.08. The van der Waals surface area contributed by atoms with Gasteiger partial charge >= 0.3 is 5.97 Å². The van der Waals surface area contributed by atoms with Crippen molar-refractivity contribution in [2.24, 2.45) is 0 Å². The molecule has 2 aromatic heterocycles. The van der Waals surface area contributed by atoms with Crippen LogP contribution in [-0.2, 0) is 11.3 Å². The van der Waals surface area contributed by atoms with E-state index < -0.39 is 5.97 Å². The maximum atomic E-state index is 12.8. The lowest BCUT2D eigenvalue weighted by Crippen LogP contribution is -2.08. The first-order chi connectivity index (χ1) is 10.5. The Morgan fingerprint density at radius 3 is 2.68 bits per heavy atom. The Balaban J connectivity index is 1.77. The third kappa shape index (κ3) is 2.78. The summed E-state index contributed by atoms with van der Waals surface area (Å²) >= 11 is 0. The van der Waals surface area contributed by atoms with E-state index >= 15 is 0 Å². The molecule has 0 aliphatic heterocycles. The number of benzene rings is 1. The third-order valence-electron chi connectivity index (χ3n) is 3.08. The number of hydrogen-bond acceptors (Lipinski definition) is 5. The zero-order chi connectivity index (χ0) is 15.7. The molecule has 0 saturated heterocycles. The van der Waals surface area contributed by atoms with Crippen LogP contribution in [0.5, 0.6) is 0 Å². The minimum Gasteiger partial charge on any atom is -0.455 e. The molecule has 0 radical (unpaired) electrons. The summed E-state index contributed by atoms with van der Waals surface area (Å²) in [6.45, 7) is 3.72. The number of halogens is 1. The van der Waals surface area contributed by atoms with Gasteiger partial charge in [0.05, 0.1) is 0 Å². The summed E-state index contributed by atoms with van der Waals surface area (Å²) < 4.78 is 19.4. The van der Waals surface area contributed by atoms with Gasteiger partial charge in [0, 0.05) is 11.4 Å². The van der Waals surface area contributed by atoms with Crippen LogP contribution < -0.4 is 0 Å². The molecule has 0 saturated carbocycles. The van der Waals surface area contributed by atoms with Crippen molar-refractivity contribution < 1.29 is 13.9 Å². The second kappa shape index (κ2) is 5.51. The van der Waals surface area contributed by atoms with E-state index in [0.29, 0.717) is 11.3 Å². The van der Waals surface area contributed by atoms with Crippen LogP contribution in [0, 0.1) is 19.7 Å². The van der Waals surface area contributed by atoms with Crippen molar-refractivity contribution >= 4 is 11.7 Å². The van der Waals surface area contributed by atoms with Crippen LogP contribution in [0.3, 0.4) is 0 Å². The summed E-state index contributed by atoms with van der Waals surface area (Å²) in [6, 6.07) is 7.56. The topological polar surface area (TPSA) is 69.4 Å². The van der Waals surface area contributed by atoms with Gasteiger partial charge in [-0.15, -0.1) is 5.10 Å². The molecule has 0 unspecified atom stereocenters. The summed E-state index contributed by atoms with van der Waals surface area (Å²) in [7, 11) is 0. The predicted octanol–water partition coefficient (Wildman–Crippen LogP) is 2.24. The molecule has 0 amide bonds. The number of ether oxygens (including phenoxy) is 1. The lowest BCUT2D eigenvalue weighted by Gasteiger charge is -2.02. The molecule has 22 heavy (non-hydrogen) atoms. The van der Waals surface area contributed by atoms with Gasteiger partial charge in [-0.25, -0.2) is 18.7 Å². The Bertz CT molecular complexity index is 843. The smallest absolute Gasteiger partial charge is 0.378 e. The zero-order valence-corrected chi connectivity index (χ0v) is 12.1. The van der Waals surface area contributed by atoms with Crippen molar-refractivity contribution in [1.29, 1.82) is 0 Å². The Labute approximate surface area is 125 Å². The minimum absolute atomic E-state index is 0.0279. The first kappa shape index (κ1) is 14.1. The number of fused-ring (bicyclic) bond motifs is 1. The van der Waals surface area contributed by atoms with Crippen LogP contribution in [0.4, 0.5) is 4.39 Å². The van der Waals surface area contributed by atoms with Gasteiger partial charge in [-0.2, -0.15) is 4.98 Å². The zero-order valence-electron chi connectivity index (χ0n) is 12.1. The van der Waals surface area contributed by atoms with Gasteiger partial charge in [-0.1, -0.05) is 12.1 Å². The maximum absolute atomic E-state index is 12.8. The van der Waals surface area contributed by atoms with Gasteiger partial charge in [-0.05, 0) is 37.6 Å². The first-order valence-electron chi connectivity index (χ1n) is 6.65. The molecular formula is C15H13FN4O2. The van der Waals surface area contributed by atoms with E-state index in [1.807, 2.05) is 19.9 Å². The average Bonchev–Trinajstić information content (AvgIpc) is 2.90. The Morgan fingerprint density at radius 1 is 1.23 bits per heavy atom. The van der Waals surface area contributed by atoms with E-state index in [1.165, 1.54) is 16.6 Å². The van der Waals surface area contributed by atoms with E-state index in [4.69, 9.17) is 4.74 Å². The monoisotopic (exact) mass is 300 g/mol. The van der Waals surface area contributed by atoms with Crippen molar-refractivity contribution in [3.05, 3.63) is 58.9 Å². The minimum atomic E-state index is -0.646. The van der Waals surface area contributed by atoms with Crippen molar-refractivity contribution in [3.8, 4) is 0 Å². The molecule has 0 atom stereocenters. The molecule has 0 N–H and O–H groups in total. The first-order valence-corrected chi connectivity index (χ1v) is 6.65. The predicted molar refractivity (Wildman–Crippen MR) is 75.8 cm³/mol. The van der Waals surface area contributed by atoms with E-state index in [1.54, 1.807) is 12.1 Å². The van der Waals surface area contributed by atoms with Crippen LogP contribution in [0.25, 0.3) is 5.78 Å². The molecule has 2 heterocycles. The van der Waals surface area contributed by atoms with E-state index in [2.05, 4.69) is 15.1 Å². The number of rotatable bonds is 3. The highest BCUT2D eigenvalue weighted by molar-refractivity contribution is 5.85. The molecule has 0 fully saturated rings. The standard InChI is InChI=1S/C15H13FN4O2/c1-9-7-10(2)20-15(17-9)18-13(19-20)14(21)22-8-11-3-5-12(16)6-4-11/h3-7H,8H2,1-2H3. The third-order valence-corrected chi connectivity index (χ3v) is 3.08. The van der Waals surface area contributed by atoms with Crippen LogP contribution in [0.15, 0.2) is 30.3 Å². The molecule has 0 aliphatic rings. The van der Waals surface area contributed by atoms with Crippen molar-refractivity contribution in [2.75, 3.05) is 0 Å². The Kier molecular flexibility index (Phi) is 3.54. The lowest BCUT2D eigenvalue weighted by molar-refractivity contribution is 0.0458. The van der Waals surface area contributed by atoms with Crippen LogP contribution in [-0.4, -0.2) is 25.6 Å². The highest BCUT2D eigenvalue weighted by Gasteiger charge is 2.16. The van der Waals surface area contributed by atoms with E-state index in [-0.39, 0.29) is 18.2 Å². The number of aromatic nitrogens is 4. The van der Waals surface area contributed by atoms with Crippen LogP contribution in [0.2, 0.25) is 0 Å². The second-order valence-electron chi connectivity index (χ2n) is 4.89. The Hall–Kier alpha value is -2.83. The number of nitrogens with zero attached hydrogens (tertiary/aromatic N) is 4. The molecule has 1 aromatic carbocycles. The SMILES string of the molecule is Cc1cc(C)n2nc(C(=O)OCc3ccc(F)cc3)nc2n1. The average molecular weight is 300 g/mol. The quantitative estimate of drug-likeness (QED) is 0.694. The fourth-order valence-electron chi connectivity index (χ4n) is 2.05. The number of hydrogen-bond donors (Lipinski definition) is 0. The number of esters is 1. The molecule has 7 heteroatoms. The van der Waals surface area contributed by atoms with Crippen LogP contribution >= 0.6 is 0 Å². The van der Waals surface area contributed by atoms with Crippen molar-refractivity contribution in [2.45, 2.75) is 20.5 Å².